The smallest absolute Gasteiger partial charge is 0.154 e. The van der Waals surface area contributed by atoms with Crippen molar-refractivity contribution in [2.24, 2.45) is 0 Å². The van der Waals surface area contributed by atoms with Crippen LogP contribution in [0.5, 0.6) is 0 Å². The van der Waals surface area contributed by atoms with Gasteiger partial charge in [-0.1, -0.05) is 11.6 Å². The molecule has 0 aliphatic heterocycles. The lowest BCUT2D eigenvalue weighted by atomic mass is 10.6. The Bertz CT molecular complexity index is 393. The van der Waals surface area contributed by atoms with E-state index in [1.54, 1.807) is 12.4 Å². The SMILES string of the molecule is Cc1ncc2c(Cl)nccn12. The van der Waals surface area contributed by atoms with Crippen LogP contribution in [0, 0.1) is 6.92 Å². The third-order valence-electron chi connectivity index (χ3n) is 1.60. The van der Waals surface area contributed by atoms with Gasteiger partial charge in [0.2, 0.25) is 0 Å². The van der Waals surface area contributed by atoms with Gasteiger partial charge in [-0.25, -0.2) is 9.97 Å². The van der Waals surface area contributed by atoms with E-state index in [-0.39, 0.29) is 0 Å². The van der Waals surface area contributed by atoms with Gasteiger partial charge in [-0.15, -0.1) is 0 Å². The van der Waals surface area contributed by atoms with E-state index in [1.807, 2.05) is 17.5 Å². The molecular formula is C7H6ClN3. The fraction of sp³-hybridized carbons (Fsp3) is 0.143. The van der Waals surface area contributed by atoms with E-state index in [4.69, 9.17) is 11.6 Å². The molecule has 2 heterocycles. The van der Waals surface area contributed by atoms with Crippen LogP contribution in [0.4, 0.5) is 0 Å². The summed E-state index contributed by atoms with van der Waals surface area (Å²) in [5.41, 5.74) is 0.853. The number of hydrogen-bond acceptors (Lipinski definition) is 2. The topological polar surface area (TPSA) is 30.2 Å². The molecule has 0 saturated carbocycles. The summed E-state index contributed by atoms with van der Waals surface area (Å²) in [7, 11) is 0. The Morgan fingerprint density at radius 2 is 2.27 bits per heavy atom. The molecule has 2 rings (SSSR count). The lowest BCUT2D eigenvalue weighted by Gasteiger charge is -1.94. The number of halogens is 1. The molecule has 2 aromatic heterocycles. The van der Waals surface area contributed by atoms with E-state index in [9.17, 15) is 0 Å². The Kier molecular flexibility index (Phi) is 1.32. The molecule has 11 heavy (non-hydrogen) atoms. The third kappa shape index (κ3) is 0.886. The van der Waals surface area contributed by atoms with Gasteiger partial charge in [-0.2, -0.15) is 0 Å². The van der Waals surface area contributed by atoms with Gasteiger partial charge in [0.25, 0.3) is 0 Å². The molecule has 3 nitrogen and oxygen atoms in total. The summed E-state index contributed by atoms with van der Waals surface area (Å²) in [4.78, 5) is 8.02. The highest BCUT2D eigenvalue weighted by molar-refractivity contribution is 6.32. The number of rotatable bonds is 0. The van der Waals surface area contributed by atoms with Crippen LogP contribution in [0.1, 0.15) is 5.82 Å². The average Bonchev–Trinajstić information content (AvgIpc) is 2.35. The van der Waals surface area contributed by atoms with E-state index in [0.717, 1.165) is 11.3 Å². The molecule has 0 saturated heterocycles. The molecule has 0 N–H and O–H groups in total. The van der Waals surface area contributed by atoms with Crippen molar-refractivity contribution in [2.45, 2.75) is 6.92 Å². The summed E-state index contributed by atoms with van der Waals surface area (Å²) >= 11 is 5.80. The zero-order valence-electron chi connectivity index (χ0n) is 5.95. The van der Waals surface area contributed by atoms with Gasteiger partial charge in [-0.05, 0) is 6.92 Å². The Balaban J connectivity index is 2.94. The Morgan fingerprint density at radius 3 is 3.00 bits per heavy atom. The fourth-order valence-corrected chi connectivity index (χ4v) is 1.22. The lowest BCUT2D eigenvalue weighted by molar-refractivity contribution is 1.03. The first-order valence-electron chi connectivity index (χ1n) is 3.23. The lowest BCUT2D eigenvalue weighted by Crippen LogP contribution is -1.88. The maximum atomic E-state index is 5.80. The van der Waals surface area contributed by atoms with Gasteiger partial charge in [0.15, 0.2) is 5.15 Å². The standard InChI is InChI=1S/C7H6ClN3/c1-5-10-4-6-7(8)9-2-3-11(5)6/h2-4H,1H3. The second kappa shape index (κ2) is 2.20. The van der Waals surface area contributed by atoms with Gasteiger partial charge >= 0.3 is 0 Å². The van der Waals surface area contributed by atoms with Crippen LogP contribution in [0.2, 0.25) is 5.15 Å². The first-order valence-corrected chi connectivity index (χ1v) is 3.61. The molecule has 0 aliphatic rings. The fourth-order valence-electron chi connectivity index (χ4n) is 1.03. The number of aromatic nitrogens is 3. The molecule has 0 unspecified atom stereocenters. The molecule has 0 fully saturated rings. The minimum atomic E-state index is 0.494. The van der Waals surface area contributed by atoms with Crippen LogP contribution in [0.25, 0.3) is 5.52 Å². The average molecular weight is 168 g/mol. The molecule has 0 aliphatic carbocycles. The molecular weight excluding hydrogens is 162 g/mol. The van der Waals surface area contributed by atoms with Gasteiger partial charge in [-0.3, -0.25) is 4.40 Å². The second-order valence-corrected chi connectivity index (χ2v) is 2.64. The van der Waals surface area contributed by atoms with E-state index >= 15 is 0 Å². The summed E-state index contributed by atoms with van der Waals surface area (Å²) in [6, 6.07) is 0. The molecule has 0 aromatic carbocycles. The number of nitrogens with zero attached hydrogens (tertiary/aromatic N) is 3. The predicted molar refractivity (Wildman–Crippen MR) is 42.7 cm³/mol. The van der Waals surface area contributed by atoms with Crippen molar-refractivity contribution in [1.29, 1.82) is 0 Å². The molecule has 4 heteroatoms. The first-order chi connectivity index (χ1) is 5.29. The summed E-state index contributed by atoms with van der Waals surface area (Å²) in [6.45, 7) is 1.92. The van der Waals surface area contributed by atoms with Crippen LogP contribution in [-0.2, 0) is 0 Å². The third-order valence-corrected chi connectivity index (χ3v) is 1.89. The highest BCUT2D eigenvalue weighted by Gasteiger charge is 2.01. The quantitative estimate of drug-likeness (QED) is 0.598. The van der Waals surface area contributed by atoms with E-state index in [0.29, 0.717) is 5.15 Å². The zero-order chi connectivity index (χ0) is 7.84. The van der Waals surface area contributed by atoms with Crippen LogP contribution in [0.3, 0.4) is 0 Å². The van der Waals surface area contributed by atoms with Crippen molar-refractivity contribution in [3.05, 3.63) is 29.6 Å². The molecule has 0 bridgehead atoms. The predicted octanol–water partition coefficient (Wildman–Crippen LogP) is 1.69. The Labute approximate surface area is 68.7 Å². The molecule has 0 spiro atoms. The van der Waals surface area contributed by atoms with Crippen molar-refractivity contribution in [3.8, 4) is 0 Å². The van der Waals surface area contributed by atoms with Gasteiger partial charge in [0.1, 0.15) is 11.3 Å². The normalized spacial score (nSPS) is 10.7. The van der Waals surface area contributed by atoms with E-state index < -0.39 is 0 Å². The summed E-state index contributed by atoms with van der Waals surface area (Å²) in [6.07, 6.45) is 5.21. The number of hydrogen-bond donors (Lipinski definition) is 0. The number of aryl methyl sites for hydroxylation is 1. The van der Waals surface area contributed by atoms with Crippen LogP contribution < -0.4 is 0 Å². The molecule has 2 aromatic rings. The molecule has 0 radical (unpaired) electrons. The summed E-state index contributed by atoms with van der Waals surface area (Å²) in [5, 5.41) is 0.494. The van der Waals surface area contributed by atoms with Crippen molar-refractivity contribution < 1.29 is 0 Å². The van der Waals surface area contributed by atoms with Crippen LogP contribution in [0.15, 0.2) is 18.6 Å². The first kappa shape index (κ1) is 6.61. The maximum absolute atomic E-state index is 5.80. The van der Waals surface area contributed by atoms with Crippen molar-refractivity contribution in [3.63, 3.8) is 0 Å². The number of imidazole rings is 1. The van der Waals surface area contributed by atoms with Crippen molar-refractivity contribution >= 4 is 17.1 Å². The molecule has 56 valence electrons. The molecule has 0 atom stereocenters. The Morgan fingerprint density at radius 1 is 1.45 bits per heavy atom. The summed E-state index contributed by atoms with van der Waals surface area (Å²) in [5.74, 6) is 0.921. The highest BCUT2D eigenvalue weighted by atomic mass is 35.5. The van der Waals surface area contributed by atoms with E-state index in [1.165, 1.54) is 0 Å². The van der Waals surface area contributed by atoms with Gasteiger partial charge < -0.3 is 0 Å². The minimum Gasteiger partial charge on any atom is -0.300 e. The number of fused-ring (bicyclic) bond motifs is 1. The maximum Gasteiger partial charge on any atom is 0.154 e. The van der Waals surface area contributed by atoms with Crippen molar-refractivity contribution in [1.82, 2.24) is 14.4 Å². The zero-order valence-corrected chi connectivity index (χ0v) is 6.71. The monoisotopic (exact) mass is 167 g/mol. The molecule has 0 amide bonds. The van der Waals surface area contributed by atoms with Crippen molar-refractivity contribution in [2.75, 3.05) is 0 Å². The van der Waals surface area contributed by atoms with E-state index in [2.05, 4.69) is 9.97 Å². The van der Waals surface area contributed by atoms with Gasteiger partial charge in [0.05, 0.1) is 6.20 Å². The van der Waals surface area contributed by atoms with Crippen LogP contribution in [-0.4, -0.2) is 14.4 Å². The second-order valence-electron chi connectivity index (χ2n) is 2.28. The minimum absolute atomic E-state index is 0.494. The summed E-state index contributed by atoms with van der Waals surface area (Å²) < 4.78 is 1.90. The highest BCUT2D eigenvalue weighted by Crippen LogP contribution is 2.13. The largest absolute Gasteiger partial charge is 0.300 e. The van der Waals surface area contributed by atoms with Crippen LogP contribution >= 0.6 is 11.6 Å². The van der Waals surface area contributed by atoms with Gasteiger partial charge in [0, 0.05) is 12.4 Å². The Hall–Kier alpha value is -1.09.